The Balaban J connectivity index is 3.41. The van der Waals surface area contributed by atoms with Gasteiger partial charge < -0.3 is 14.6 Å². The number of aliphatic hydroxyl groups is 1. The average Bonchev–Trinajstić information content (AvgIpc) is 3.09. The van der Waals surface area contributed by atoms with Gasteiger partial charge >= 0.3 is 5.97 Å². The molecule has 0 aliphatic heterocycles. The summed E-state index contributed by atoms with van der Waals surface area (Å²) in [5.74, 6) is -0.202. The molecule has 0 amide bonds. The molecular weight excluding hydrogens is 592 g/mol. The third-order valence-electron chi connectivity index (χ3n) is 9.50. The van der Waals surface area contributed by atoms with Crippen molar-refractivity contribution in [3.8, 4) is 0 Å². The zero-order valence-corrected chi connectivity index (χ0v) is 32.5. The van der Waals surface area contributed by atoms with Crippen LogP contribution in [-0.2, 0) is 14.3 Å². The molecule has 1 N–H and O–H groups in total. The molecule has 284 valence electrons. The summed E-state index contributed by atoms with van der Waals surface area (Å²) in [6, 6.07) is 0. The second-order valence-corrected chi connectivity index (χ2v) is 14.4. The zero-order chi connectivity index (χ0) is 34.9. The van der Waals surface area contributed by atoms with Crippen LogP contribution in [0.15, 0.2) is 24.3 Å². The molecule has 4 nitrogen and oxygen atoms in total. The highest BCUT2D eigenvalue weighted by Crippen LogP contribution is 2.14. The van der Waals surface area contributed by atoms with Gasteiger partial charge in [0.25, 0.3) is 0 Å². The maximum absolute atomic E-state index is 12.2. The molecular formula is C44H84O4. The van der Waals surface area contributed by atoms with E-state index in [1.54, 1.807) is 0 Å². The van der Waals surface area contributed by atoms with Crippen molar-refractivity contribution in [1.82, 2.24) is 0 Å². The van der Waals surface area contributed by atoms with Crippen molar-refractivity contribution >= 4 is 5.97 Å². The van der Waals surface area contributed by atoms with Crippen molar-refractivity contribution in [3.05, 3.63) is 24.3 Å². The number of hydrogen-bond donors (Lipinski definition) is 1. The summed E-state index contributed by atoms with van der Waals surface area (Å²) in [6.07, 6.45) is 50.9. The molecule has 1 atom stereocenters. The standard InChI is InChI=1S/C44H84O4/c1-3-5-7-9-11-13-15-17-19-20-21-22-23-24-25-27-29-31-33-35-37-39-44(46)48-43(41-45)42-47-40-38-36-34-32-30-28-26-18-16-14-12-10-8-6-4-2/h16,18,20-21,43,45H,3-15,17,19,22-42H2,1-2H3/b18-16-,21-20-. The van der Waals surface area contributed by atoms with Crippen LogP contribution in [0.4, 0.5) is 0 Å². The van der Waals surface area contributed by atoms with E-state index in [2.05, 4.69) is 38.2 Å². The van der Waals surface area contributed by atoms with Crippen LogP contribution in [0.25, 0.3) is 0 Å². The number of allylic oxidation sites excluding steroid dienone is 4. The lowest BCUT2D eigenvalue weighted by molar-refractivity contribution is -0.154. The van der Waals surface area contributed by atoms with E-state index < -0.39 is 6.10 Å². The number of esters is 1. The maximum atomic E-state index is 12.2. The molecule has 0 fully saturated rings. The molecule has 0 aliphatic rings. The van der Waals surface area contributed by atoms with Gasteiger partial charge in [-0.05, 0) is 64.2 Å². The summed E-state index contributed by atoms with van der Waals surface area (Å²) >= 11 is 0. The van der Waals surface area contributed by atoms with Gasteiger partial charge in [-0.2, -0.15) is 0 Å². The lowest BCUT2D eigenvalue weighted by Crippen LogP contribution is -2.27. The smallest absolute Gasteiger partial charge is 0.306 e. The van der Waals surface area contributed by atoms with E-state index in [-0.39, 0.29) is 12.6 Å². The summed E-state index contributed by atoms with van der Waals surface area (Å²) in [5, 5.41) is 9.59. The van der Waals surface area contributed by atoms with E-state index in [0.29, 0.717) is 19.6 Å². The fourth-order valence-corrected chi connectivity index (χ4v) is 6.26. The molecule has 0 rings (SSSR count). The first-order chi connectivity index (χ1) is 23.7. The quantitative estimate of drug-likeness (QED) is 0.0399. The van der Waals surface area contributed by atoms with E-state index in [1.165, 1.54) is 186 Å². The molecule has 0 saturated heterocycles. The third-order valence-corrected chi connectivity index (χ3v) is 9.50. The number of carbonyl (C=O) groups is 1. The summed E-state index contributed by atoms with van der Waals surface area (Å²) in [4.78, 5) is 12.2. The van der Waals surface area contributed by atoms with E-state index in [1.807, 2.05) is 0 Å². The van der Waals surface area contributed by atoms with Gasteiger partial charge in [-0.3, -0.25) is 4.79 Å². The fraction of sp³-hybridized carbons (Fsp3) is 0.886. The minimum absolute atomic E-state index is 0.172. The van der Waals surface area contributed by atoms with Crippen LogP contribution in [0, 0.1) is 0 Å². The molecule has 0 radical (unpaired) electrons. The first-order valence-corrected chi connectivity index (χ1v) is 21.4. The largest absolute Gasteiger partial charge is 0.457 e. The van der Waals surface area contributed by atoms with Crippen LogP contribution in [0.3, 0.4) is 0 Å². The van der Waals surface area contributed by atoms with Crippen molar-refractivity contribution in [1.29, 1.82) is 0 Å². The van der Waals surface area contributed by atoms with Crippen molar-refractivity contribution in [2.75, 3.05) is 19.8 Å². The number of rotatable bonds is 40. The molecule has 0 aromatic carbocycles. The number of unbranched alkanes of at least 4 members (excludes halogenated alkanes) is 28. The first-order valence-electron chi connectivity index (χ1n) is 21.4. The van der Waals surface area contributed by atoms with Gasteiger partial charge in [0.15, 0.2) is 0 Å². The van der Waals surface area contributed by atoms with Gasteiger partial charge in [0, 0.05) is 13.0 Å². The Hall–Kier alpha value is -1.13. The van der Waals surface area contributed by atoms with Gasteiger partial charge in [-0.15, -0.1) is 0 Å². The Kier molecular flexibility index (Phi) is 41.0. The second-order valence-electron chi connectivity index (χ2n) is 14.4. The summed E-state index contributed by atoms with van der Waals surface area (Å²) in [5.41, 5.74) is 0. The lowest BCUT2D eigenvalue weighted by atomic mass is 10.1. The van der Waals surface area contributed by atoms with Gasteiger partial charge in [0.2, 0.25) is 0 Å². The van der Waals surface area contributed by atoms with Crippen LogP contribution < -0.4 is 0 Å². The zero-order valence-electron chi connectivity index (χ0n) is 32.5. The number of carbonyl (C=O) groups excluding carboxylic acids is 1. The van der Waals surface area contributed by atoms with Crippen LogP contribution in [0.1, 0.15) is 226 Å². The van der Waals surface area contributed by atoms with Crippen molar-refractivity contribution in [3.63, 3.8) is 0 Å². The van der Waals surface area contributed by atoms with E-state index in [9.17, 15) is 9.90 Å². The Bertz CT molecular complexity index is 673. The molecule has 48 heavy (non-hydrogen) atoms. The molecule has 0 saturated carbocycles. The Morgan fingerprint density at radius 3 is 1.19 bits per heavy atom. The highest BCUT2D eigenvalue weighted by molar-refractivity contribution is 5.69. The van der Waals surface area contributed by atoms with Gasteiger partial charge in [-0.25, -0.2) is 0 Å². The van der Waals surface area contributed by atoms with Gasteiger partial charge in [0.05, 0.1) is 13.2 Å². The SMILES string of the molecule is CCCCCCC/C=C\CCCCCCCCOCC(CO)OC(=O)CCCCCCCCCCC/C=C\CCCCCCCCCC. The number of aliphatic hydroxyl groups excluding tert-OH is 1. The minimum atomic E-state index is -0.535. The molecule has 4 heteroatoms. The monoisotopic (exact) mass is 677 g/mol. The van der Waals surface area contributed by atoms with Gasteiger partial charge in [-0.1, -0.05) is 179 Å². The normalized spacial score (nSPS) is 12.5. The molecule has 0 heterocycles. The molecule has 0 aromatic heterocycles. The highest BCUT2D eigenvalue weighted by Gasteiger charge is 2.13. The second kappa shape index (κ2) is 42.0. The fourth-order valence-electron chi connectivity index (χ4n) is 6.26. The molecule has 0 spiro atoms. The number of hydrogen-bond acceptors (Lipinski definition) is 4. The van der Waals surface area contributed by atoms with E-state index in [0.717, 1.165) is 19.3 Å². The predicted octanol–water partition coefficient (Wildman–Crippen LogP) is 13.9. The first kappa shape index (κ1) is 46.9. The summed E-state index contributed by atoms with van der Waals surface area (Å²) in [6.45, 7) is 5.35. The van der Waals surface area contributed by atoms with Gasteiger partial charge in [0.1, 0.15) is 6.10 Å². The Morgan fingerprint density at radius 1 is 0.479 bits per heavy atom. The third kappa shape index (κ3) is 39.3. The van der Waals surface area contributed by atoms with Crippen LogP contribution in [0.2, 0.25) is 0 Å². The Labute approximate surface area is 300 Å². The van der Waals surface area contributed by atoms with Crippen LogP contribution >= 0.6 is 0 Å². The van der Waals surface area contributed by atoms with Crippen LogP contribution in [-0.4, -0.2) is 37.0 Å². The molecule has 0 aliphatic carbocycles. The maximum Gasteiger partial charge on any atom is 0.306 e. The lowest BCUT2D eigenvalue weighted by Gasteiger charge is -2.15. The predicted molar refractivity (Wildman–Crippen MR) is 210 cm³/mol. The van der Waals surface area contributed by atoms with E-state index >= 15 is 0 Å². The van der Waals surface area contributed by atoms with Crippen molar-refractivity contribution in [2.45, 2.75) is 232 Å². The Morgan fingerprint density at radius 2 is 0.812 bits per heavy atom. The molecule has 1 unspecified atom stereocenters. The minimum Gasteiger partial charge on any atom is -0.457 e. The topological polar surface area (TPSA) is 55.8 Å². The summed E-state index contributed by atoms with van der Waals surface area (Å²) < 4.78 is 11.1. The van der Waals surface area contributed by atoms with E-state index in [4.69, 9.17) is 9.47 Å². The number of ether oxygens (including phenoxy) is 2. The van der Waals surface area contributed by atoms with Crippen LogP contribution in [0.5, 0.6) is 0 Å². The summed E-state index contributed by atoms with van der Waals surface area (Å²) in [7, 11) is 0. The average molecular weight is 677 g/mol. The highest BCUT2D eigenvalue weighted by atomic mass is 16.6. The van der Waals surface area contributed by atoms with Crippen molar-refractivity contribution < 1.29 is 19.4 Å². The van der Waals surface area contributed by atoms with Crippen molar-refractivity contribution in [2.24, 2.45) is 0 Å². The molecule has 0 aromatic rings. The molecule has 0 bridgehead atoms.